The van der Waals surface area contributed by atoms with Crippen molar-refractivity contribution in [1.29, 1.82) is 0 Å². The van der Waals surface area contributed by atoms with Crippen LogP contribution in [0.3, 0.4) is 0 Å². The first kappa shape index (κ1) is 14.5. The van der Waals surface area contributed by atoms with Crippen molar-refractivity contribution in [1.82, 2.24) is 10.6 Å². The highest BCUT2D eigenvalue weighted by molar-refractivity contribution is 6.30. The van der Waals surface area contributed by atoms with Crippen LogP contribution in [0, 0.1) is 0 Å². The second kappa shape index (κ2) is 7.71. The van der Waals surface area contributed by atoms with Crippen molar-refractivity contribution in [2.45, 2.75) is 19.8 Å². The fourth-order valence-corrected chi connectivity index (χ4v) is 1.56. The lowest BCUT2D eigenvalue weighted by molar-refractivity contribution is -0.126. The van der Waals surface area contributed by atoms with Crippen molar-refractivity contribution >= 4 is 23.4 Å². The fourth-order valence-electron chi connectivity index (χ4n) is 1.44. The van der Waals surface area contributed by atoms with Gasteiger partial charge in [-0.15, -0.1) is 0 Å². The van der Waals surface area contributed by atoms with E-state index >= 15 is 0 Å². The zero-order chi connectivity index (χ0) is 13.4. The molecule has 1 aromatic carbocycles. The summed E-state index contributed by atoms with van der Waals surface area (Å²) >= 11 is 5.76. The van der Waals surface area contributed by atoms with Gasteiger partial charge in [0.2, 0.25) is 11.8 Å². The van der Waals surface area contributed by atoms with Crippen LogP contribution in [0.1, 0.15) is 18.9 Å². The summed E-state index contributed by atoms with van der Waals surface area (Å²) in [6.07, 6.45) is 0.999. The average molecular weight is 269 g/mol. The van der Waals surface area contributed by atoms with Crippen LogP contribution in [0.2, 0.25) is 5.02 Å². The van der Waals surface area contributed by atoms with Crippen LogP contribution in [0.15, 0.2) is 24.3 Å². The van der Waals surface area contributed by atoms with Gasteiger partial charge in [-0.1, -0.05) is 23.7 Å². The Bertz CT molecular complexity index is 404. The first-order valence-electron chi connectivity index (χ1n) is 5.89. The fraction of sp³-hybridized carbons (Fsp3) is 0.385. The molecule has 0 fully saturated rings. The van der Waals surface area contributed by atoms with Gasteiger partial charge in [0.05, 0.1) is 6.54 Å². The quantitative estimate of drug-likeness (QED) is 0.822. The minimum absolute atomic E-state index is 0.0350. The Balaban J connectivity index is 2.24. The lowest BCUT2D eigenvalue weighted by Crippen LogP contribution is -2.36. The number of aryl methyl sites for hydroxylation is 1. The molecule has 0 atom stereocenters. The van der Waals surface area contributed by atoms with E-state index in [1.165, 1.54) is 0 Å². The molecule has 4 nitrogen and oxygen atoms in total. The predicted molar refractivity (Wildman–Crippen MR) is 71.5 cm³/mol. The molecule has 0 saturated heterocycles. The molecule has 5 heteroatoms. The molecule has 2 amide bonds. The zero-order valence-electron chi connectivity index (χ0n) is 10.3. The molecule has 1 rings (SSSR count). The van der Waals surface area contributed by atoms with Gasteiger partial charge in [0.1, 0.15) is 0 Å². The topological polar surface area (TPSA) is 58.2 Å². The van der Waals surface area contributed by atoms with Gasteiger partial charge in [-0.2, -0.15) is 0 Å². The molecule has 0 bridgehead atoms. The van der Waals surface area contributed by atoms with Crippen molar-refractivity contribution in [3.05, 3.63) is 34.9 Å². The SMILES string of the molecule is CCNC(=O)CNC(=O)CCc1ccc(Cl)cc1. The maximum absolute atomic E-state index is 11.5. The third-order valence-electron chi connectivity index (χ3n) is 2.37. The van der Waals surface area contributed by atoms with E-state index in [9.17, 15) is 9.59 Å². The van der Waals surface area contributed by atoms with Crippen LogP contribution < -0.4 is 10.6 Å². The van der Waals surface area contributed by atoms with Crippen molar-refractivity contribution in [2.75, 3.05) is 13.1 Å². The number of likely N-dealkylation sites (N-methyl/N-ethyl adjacent to an activating group) is 1. The van der Waals surface area contributed by atoms with E-state index in [0.29, 0.717) is 24.4 Å². The van der Waals surface area contributed by atoms with Gasteiger partial charge in [-0.05, 0) is 31.0 Å². The van der Waals surface area contributed by atoms with Crippen molar-refractivity contribution in [2.24, 2.45) is 0 Å². The Kier molecular flexibility index (Phi) is 6.22. The van der Waals surface area contributed by atoms with E-state index in [2.05, 4.69) is 10.6 Å². The van der Waals surface area contributed by atoms with E-state index in [-0.39, 0.29) is 18.4 Å². The molecule has 0 saturated carbocycles. The molecule has 18 heavy (non-hydrogen) atoms. The van der Waals surface area contributed by atoms with Crippen molar-refractivity contribution in [3.63, 3.8) is 0 Å². The number of carbonyl (C=O) groups is 2. The normalized spacial score (nSPS) is 9.89. The summed E-state index contributed by atoms with van der Waals surface area (Å²) in [5.74, 6) is -0.298. The Morgan fingerprint density at radius 3 is 2.39 bits per heavy atom. The summed E-state index contributed by atoms with van der Waals surface area (Å²) < 4.78 is 0. The minimum atomic E-state index is -0.169. The van der Waals surface area contributed by atoms with Crippen LogP contribution >= 0.6 is 11.6 Å². The maximum Gasteiger partial charge on any atom is 0.239 e. The number of hydrogen-bond acceptors (Lipinski definition) is 2. The van der Waals surface area contributed by atoms with Gasteiger partial charge in [0.25, 0.3) is 0 Å². The van der Waals surface area contributed by atoms with Crippen molar-refractivity contribution < 1.29 is 9.59 Å². The molecule has 0 aliphatic carbocycles. The third kappa shape index (κ3) is 5.68. The molecule has 98 valence electrons. The molecular formula is C13H17ClN2O2. The Hall–Kier alpha value is -1.55. The molecule has 0 aromatic heterocycles. The van der Waals surface area contributed by atoms with Crippen LogP contribution in [0.25, 0.3) is 0 Å². The van der Waals surface area contributed by atoms with E-state index in [1.54, 1.807) is 12.1 Å². The highest BCUT2D eigenvalue weighted by Gasteiger charge is 2.04. The van der Waals surface area contributed by atoms with Crippen molar-refractivity contribution in [3.8, 4) is 0 Å². The maximum atomic E-state index is 11.5. The number of carbonyl (C=O) groups excluding carboxylic acids is 2. The molecule has 0 unspecified atom stereocenters. The number of halogens is 1. The van der Waals surface area contributed by atoms with E-state index in [1.807, 2.05) is 19.1 Å². The number of amides is 2. The number of hydrogen-bond donors (Lipinski definition) is 2. The van der Waals surface area contributed by atoms with Crippen LogP contribution in [-0.2, 0) is 16.0 Å². The van der Waals surface area contributed by atoms with Gasteiger partial charge in [-0.3, -0.25) is 9.59 Å². The summed E-state index contributed by atoms with van der Waals surface area (Å²) in [4.78, 5) is 22.6. The largest absolute Gasteiger partial charge is 0.355 e. The van der Waals surface area contributed by atoms with Crippen LogP contribution in [-0.4, -0.2) is 24.9 Å². The van der Waals surface area contributed by atoms with E-state index in [4.69, 9.17) is 11.6 Å². The van der Waals surface area contributed by atoms with Gasteiger partial charge >= 0.3 is 0 Å². The Labute approximate surface area is 112 Å². The number of rotatable bonds is 6. The molecule has 0 heterocycles. The highest BCUT2D eigenvalue weighted by Crippen LogP contribution is 2.10. The summed E-state index contributed by atoms with van der Waals surface area (Å²) in [5, 5.41) is 5.86. The first-order valence-corrected chi connectivity index (χ1v) is 6.27. The average Bonchev–Trinajstić information content (AvgIpc) is 2.36. The highest BCUT2D eigenvalue weighted by atomic mass is 35.5. The lowest BCUT2D eigenvalue weighted by atomic mass is 10.1. The van der Waals surface area contributed by atoms with Gasteiger partial charge in [0.15, 0.2) is 0 Å². The number of benzene rings is 1. The number of nitrogens with one attached hydrogen (secondary N) is 2. The van der Waals surface area contributed by atoms with Crippen LogP contribution in [0.4, 0.5) is 0 Å². The van der Waals surface area contributed by atoms with Gasteiger partial charge < -0.3 is 10.6 Å². The molecule has 0 radical (unpaired) electrons. The minimum Gasteiger partial charge on any atom is -0.355 e. The third-order valence-corrected chi connectivity index (χ3v) is 2.63. The standard InChI is InChI=1S/C13H17ClN2O2/c1-2-15-13(18)9-16-12(17)8-5-10-3-6-11(14)7-4-10/h3-4,6-7H,2,5,8-9H2,1H3,(H,15,18)(H,16,17). The first-order chi connectivity index (χ1) is 8.61. The second-order valence-electron chi connectivity index (χ2n) is 3.86. The smallest absolute Gasteiger partial charge is 0.239 e. The van der Waals surface area contributed by atoms with Gasteiger partial charge in [-0.25, -0.2) is 0 Å². The lowest BCUT2D eigenvalue weighted by Gasteiger charge is -2.05. The summed E-state index contributed by atoms with van der Waals surface area (Å²) in [6.45, 7) is 2.44. The monoisotopic (exact) mass is 268 g/mol. The molecule has 1 aromatic rings. The molecular weight excluding hydrogens is 252 g/mol. The van der Waals surface area contributed by atoms with E-state index < -0.39 is 0 Å². The Morgan fingerprint density at radius 1 is 1.11 bits per heavy atom. The summed E-state index contributed by atoms with van der Waals surface area (Å²) in [5.41, 5.74) is 1.05. The van der Waals surface area contributed by atoms with Gasteiger partial charge in [0, 0.05) is 18.0 Å². The molecule has 0 aliphatic rings. The second-order valence-corrected chi connectivity index (χ2v) is 4.29. The molecule has 0 aliphatic heterocycles. The Morgan fingerprint density at radius 2 is 1.78 bits per heavy atom. The zero-order valence-corrected chi connectivity index (χ0v) is 11.1. The molecule has 2 N–H and O–H groups in total. The summed E-state index contributed by atoms with van der Waals surface area (Å²) in [6, 6.07) is 7.37. The predicted octanol–water partition coefficient (Wildman–Crippen LogP) is 1.52. The van der Waals surface area contributed by atoms with E-state index in [0.717, 1.165) is 5.56 Å². The molecule has 0 spiro atoms. The van der Waals surface area contributed by atoms with Crippen LogP contribution in [0.5, 0.6) is 0 Å². The summed E-state index contributed by atoms with van der Waals surface area (Å²) in [7, 11) is 0.